The molecule has 0 aliphatic rings. The Hall–Kier alpha value is -2.24. The monoisotopic (exact) mass is 448 g/mol. The van der Waals surface area contributed by atoms with E-state index in [4.69, 9.17) is 5.26 Å². The van der Waals surface area contributed by atoms with E-state index in [1.54, 1.807) is 12.1 Å². The number of hydrogen-bond acceptors (Lipinski definition) is 6. The molecule has 0 bridgehead atoms. The molecule has 0 radical (unpaired) electrons. The lowest BCUT2D eigenvalue weighted by atomic mass is 10.0. The minimum atomic E-state index is -0.478. The number of carbonyl (C=O) groups excluding carboxylic acids is 2. The lowest BCUT2D eigenvalue weighted by molar-refractivity contribution is -0.121. The average molecular weight is 449 g/mol. The highest BCUT2D eigenvalue weighted by Crippen LogP contribution is 2.30. The van der Waals surface area contributed by atoms with Crippen LogP contribution in [0.3, 0.4) is 0 Å². The number of carbonyl (C=O) groups is 2. The first-order valence-corrected chi connectivity index (χ1v) is 10.5. The first kappa shape index (κ1) is 21.1. The van der Waals surface area contributed by atoms with Gasteiger partial charge in [-0.2, -0.15) is 9.64 Å². The number of amides is 1. The van der Waals surface area contributed by atoms with Crippen molar-refractivity contribution in [3.8, 4) is 17.2 Å². The van der Waals surface area contributed by atoms with Gasteiger partial charge in [-0.3, -0.25) is 9.59 Å². The fourth-order valence-electron chi connectivity index (χ4n) is 2.58. The van der Waals surface area contributed by atoms with E-state index in [1.807, 2.05) is 37.4 Å². The summed E-state index contributed by atoms with van der Waals surface area (Å²) in [6, 6.07) is 8.75. The van der Waals surface area contributed by atoms with Crippen LogP contribution in [0.5, 0.6) is 0 Å². The van der Waals surface area contributed by atoms with Gasteiger partial charge >= 0.3 is 0 Å². The smallest absolute Gasteiger partial charge is 0.243 e. The average Bonchev–Trinajstić information content (AvgIpc) is 3.12. The van der Waals surface area contributed by atoms with Crippen LogP contribution in [-0.2, 0) is 4.79 Å². The summed E-state index contributed by atoms with van der Waals surface area (Å²) in [5.41, 5.74) is 2.43. The van der Waals surface area contributed by atoms with Crippen molar-refractivity contribution in [2.75, 3.05) is 17.2 Å². The minimum absolute atomic E-state index is 0.0227. The number of hydrogen-bond donors (Lipinski definition) is 2. The van der Waals surface area contributed by atoms with E-state index in [0.717, 1.165) is 11.1 Å². The second kappa shape index (κ2) is 10.2. The predicted molar refractivity (Wildman–Crippen MR) is 111 cm³/mol. The number of Topliss-reactive ketones (excluding diaryl/α,β-unsaturated/α-hetero) is 1. The number of nitrogens with zero attached hydrogens (tertiary/aromatic N) is 2. The van der Waals surface area contributed by atoms with Crippen LogP contribution < -0.4 is 10.6 Å². The number of halogens is 1. The molecule has 142 valence electrons. The number of aromatic nitrogens is 1. The SMILES string of the molecule is CC(C)CC(Nc1nscc1-c1ccc(C(=O)CBr)cc1)C(=O)NCC#N. The third-order valence-electron chi connectivity index (χ3n) is 3.89. The van der Waals surface area contributed by atoms with Crippen molar-refractivity contribution in [2.45, 2.75) is 26.3 Å². The molecular weight excluding hydrogens is 428 g/mol. The zero-order valence-electron chi connectivity index (χ0n) is 15.2. The van der Waals surface area contributed by atoms with Crippen LogP contribution in [-0.4, -0.2) is 34.0 Å². The second-order valence-corrected chi connectivity index (χ2v) is 7.60. The van der Waals surface area contributed by atoms with Crippen LogP contribution in [0, 0.1) is 17.2 Å². The predicted octanol–water partition coefficient (Wildman–Crippen LogP) is 3.85. The van der Waals surface area contributed by atoms with Crippen molar-refractivity contribution in [1.29, 1.82) is 5.26 Å². The van der Waals surface area contributed by atoms with Gasteiger partial charge in [0.2, 0.25) is 5.91 Å². The Labute approximate surface area is 171 Å². The molecule has 0 saturated heterocycles. The number of anilines is 1. The molecule has 1 atom stereocenters. The fraction of sp³-hybridized carbons (Fsp3) is 0.368. The summed E-state index contributed by atoms with van der Waals surface area (Å²) in [6.45, 7) is 4.05. The highest BCUT2D eigenvalue weighted by atomic mass is 79.9. The van der Waals surface area contributed by atoms with Crippen LogP contribution in [0.2, 0.25) is 0 Å². The molecule has 2 aromatic rings. The van der Waals surface area contributed by atoms with Gasteiger partial charge in [-0.05, 0) is 29.4 Å². The van der Waals surface area contributed by atoms with Gasteiger partial charge in [0.05, 0.1) is 11.4 Å². The van der Waals surface area contributed by atoms with E-state index in [0.29, 0.717) is 23.7 Å². The Morgan fingerprint density at radius 2 is 2.00 bits per heavy atom. The quantitative estimate of drug-likeness (QED) is 0.345. The molecule has 0 aliphatic heterocycles. The maximum Gasteiger partial charge on any atom is 0.243 e. The number of rotatable bonds is 9. The Morgan fingerprint density at radius 1 is 1.30 bits per heavy atom. The van der Waals surface area contributed by atoms with Crippen molar-refractivity contribution in [3.05, 3.63) is 35.2 Å². The molecule has 1 unspecified atom stereocenters. The highest BCUT2D eigenvalue weighted by Gasteiger charge is 2.22. The van der Waals surface area contributed by atoms with Gasteiger partial charge in [0.15, 0.2) is 5.78 Å². The van der Waals surface area contributed by atoms with Crippen LogP contribution in [0.15, 0.2) is 29.6 Å². The standard InChI is InChI=1S/C19H21BrN4O2S/c1-12(2)9-16(19(26)22-8-7-21)23-18-15(11-27-24-18)13-3-5-14(6-4-13)17(25)10-20/h3-6,11-12,16H,8-10H2,1-2H3,(H,22,26)(H,23,24). The fourth-order valence-corrected chi connectivity index (χ4v) is 3.56. The van der Waals surface area contributed by atoms with Gasteiger partial charge < -0.3 is 10.6 Å². The summed E-state index contributed by atoms with van der Waals surface area (Å²) in [7, 11) is 0. The van der Waals surface area contributed by atoms with Crippen LogP contribution in [0.4, 0.5) is 5.82 Å². The lowest BCUT2D eigenvalue weighted by Gasteiger charge is -2.20. The number of alkyl halides is 1. The van der Waals surface area contributed by atoms with Crippen molar-refractivity contribution in [1.82, 2.24) is 9.69 Å². The van der Waals surface area contributed by atoms with Crippen LogP contribution >= 0.6 is 27.5 Å². The molecule has 0 fully saturated rings. The van der Waals surface area contributed by atoms with Crippen LogP contribution in [0.25, 0.3) is 11.1 Å². The first-order valence-electron chi connectivity index (χ1n) is 8.51. The molecule has 1 heterocycles. The largest absolute Gasteiger partial charge is 0.357 e. The molecule has 1 aromatic carbocycles. The Balaban J connectivity index is 2.22. The number of benzene rings is 1. The number of nitriles is 1. The summed E-state index contributed by atoms with van der Waals surface area (Å²) in [5, 5.41) is 16.7. The summed E-state index contributed by atoms with van der Waals surface area (Å²) in [4.78, 5) is 24.1. The minimum Gasteiger partial charge on any atom is -0.357 e. The summed E-state index contributed by atoms with van der Waals surface area (Å²) in [6.07, 6.45) is 0.618. The van der Waals surface area contributed by atoms with E-state index in [1.165, 1.54) is 11.5 Å². The third-order valence-corrected chi connectivity index (χ3v) is 5.02. The molecule has 1 amide bonds. The molecule has 0 saturated carbocycles. The van der Waals surface area contributed by atoms with Crippen molar-refractivity contribution >= 4 is 45.0 Å². The molecular formula is C19H21BrN4O2S. The Kier molecular flexibility index (Phi) is 7.95. The maximum atomic E-state index is 12.4. The van der Waals surface area contributed by atoms with E-state index in [9.17, 15) is 9.59 Å². The summed E-state index contributed by atoms with van der Waals surface area (Å²) in [5.74, 6) is 0.723. The maximum absolute atomic E-state index is 12.4. The zero-order chi connectivity index (χ0) is 19.8. The highest BCUT2D eigenvalue weighted by molar-refractivity contribution is 9.09. The molecule has 8 heteroatoms. The normalized spacial score (nSPS) is 11.7. The summed E-state index contributed by atoms with van der Waals surface area (Å²) >= 11 is 4.47. The molecule has 27 heavy (non-hydrogen) atoms. The summed E-state index contributed by atoms with van der Waals surface area (Å²) < 4.78 is 4.39. The van der Waals surface area contributed by atoms with Crippen molar-refractivity contribution in [3.63, 3.8) is 0 Å². The van der Waals surface area contributed by atoms with Gasteiger partial charge in [-0.1, -0.05) is 54.0 Å². The molecule has 6 nitrogen and oxygen atoms in total. The van der Waals surface area contributed by atoms with E-state index in [2.05, 4.69) is 30.9 Å². The Bertz CT molecular complexity index is 827. The van der Waals surface area contributed by atoms with Crippen molar-refractivity contribution < 1.29 is 9.59 Å². The van der Waals surface area contributed by atoms with E-state index >= 15 is 0 Å². The number of nitrogens with one attached hydrogen (secondary N) is 2. The third kappa shape index (κ3) is 5.88. The first-order chi connectivity index (χ1) is 13.0. The number of ketones is 1. The van der Waals surface area contributed by atoms with Crippen molar-refractivity contribution in [2.24, 2.45) is 5.92 Å². The molecule has 2 rings (SSSR count). The van der Waals surface area contributed by atoms with E-state index < -0.39 is 6.04 Å². The van der Waals surface area contributed by atoms with E-state index in [-0.39, 0.29) is 23.6 Å². The van der Waals surface area contributed by atoms with Gasteiger partial charge in [-0.25, -0.2) is 0 Å². The zero-order valence-corrected chi connectivity index (χ0v) is 17.6. The molecule has 2 N–H and O–H groups in total. The van der Waals surface area contributed by atoms with Gasteiger partial charge in [-0.15, -0.1) is 0 Å². The van der Waals surface area contributed by atoms with Crippen LogP contribution in [0.1, 0.15) is 30.6 Å². The Morgan fingerprint density at radius 3 is 2.59 bits per heavy atom. The lowest BCUT2D eigenvalue weighted by Crippen LogP contribution is -2.40. The van der Waals surface area contributed by atoms with Gasteiger partial charge in [0, 0.05) is 16.5 Å². The van der Waals surface area contributed by atoms with Gasteiger partial charge in [0.25, 0.3) is 0 Å². The molecule has 1 aromatic heterocycles. The second-order valence-electron chi connectivity index (χ2n) is 6.41. The van der Waals surface area contributed by atoms with Gasteiger partial charge in [0.1, 0.15) is 18.4 Å². The molecule has 0 spiro atoms. The molecule has 0 aliphatic carbocycles. The topological polar surface area (TPSA) is 94.9 Å².